The van der Waals surface area contributed by atoms with Gasteiger partial charge in [-0.25, -0.2) is 8.42 Å². The Morgan fingerprint density at radius 1 is 1.08 bits per heavy atom. The molecular weight excluding hydrogens is 365 g/mol. The van der Waals surface area contributed by atoms with Gasteiger partial charge in [-0.2, -0.15) is 4.31 Å². The maximum atomic E-state index is 13.3. The summed E-state index contributed by atoms with van der Waals surface area (Å²) in [5, 5.41) is 0.330. The van der Waals surface area contributed by atoms with Crippen molar-refractivity contribution in [2.75, 3.05) is 0 Å². The Kier molecular flexibility index (Phi) is 5.21. The minimum absolute atomic E-state index is 0.0695. The number of hydrogen-bond donors (Lipinski definition) is 0. The molecule has 0 aromatic heterocycles. The third kappa shape index (κ3) is 3.62. The number of sulfonamides is 1. The maximum Gasteiger partial charge on any atom is 0.245 e. The van der Waals surface area contributed by atoms with Crippen LogP contribution in [0.3, 0.4) is 0 Å². The van der Waals surface area contributed by atoms with Crippen LogP contribution in [0.5, 0.6) is 0 Å². The van der Waals surface area contributed by atoms with Crippen LogP contribution in [-0.2, 0) is 16.6 Å². The molecule has 0 bridgehead atoms. The van der Waals surface area contributed by atoms with E-state index >= 15 is 0 Å². The van der Waals surface area contributed by atoms with Gasteiger partial charge in [0.1, 0.15) is 4.90 Å². The van der Waals surface area contributed by atoms with Gasteiger partial charge in [0.15, 0.2) is 0 Å². The summed E-state index contributed by atoms with van der Waals surface area (Å²) in [6.07, 6.45) is 2.12. The molecule has 128 valence electrons. The summed E-state index contributed by atoms with van der Waals surface area (Å²) in [6.45, 7) is 2.29. The van der Waals surface area contributed by atoms with Crippen molar-refractivity contribution in [2.45, 2.75) is 37.2 Å². The molecule has 1 aliphatic rings. The lowest BCUT2D eigenvalue weighted by Crippen LogP contribution is -2.39. The normalized spacial score (nSPS) is 16.3. The van der Waals surface area contributed by atoms with Crippen LogP contribution in [0.2, 0.25) is 10.0 Å². The molecule has 0 amide bonds. The predicted octanol–water partition coefficient (Wildman–Crippen LogP) is 4.98. The Morgan fingerprint density at radius 2 is 1.75 bits per heavy atom. The van der Waals surface area contributed by atoms with Gasteiger partial charge in [-0.1, -0.05) is 59.6 Å². The summed E-state index contributed by atoms with van der Waals surface area (Å²) in [7, 11) is -3.74. The molecule has 24 heavy (non-hydrogen) atoms. The van der Waals surface area contributed by atoms with Crippen molar-refractivity contribution in [1.82, 2.24) is 4.31 Å². The van der Waals surface area contributed by atoms with Gasteiger partial charge in [-0.05, 0) is 43.4 Å². The number of rotatable bonds is 6. The molecule has 0 N–H and O–H groups in total. The van der Waals surface area contributed by atoms with Gasteiger partial charge in [-0.15, -0.1) is 0 Å². The molecule has 0 heterocycles. The molecule has 0 spiro atoms. The van der Waals surface area contributed by atoms with Gasteiger partial charge < -0.3 is 0 Å². The molecule has 2 aromatic carbocycles. The van der Waals surface area contributed by atoms with Crippen LogP contribution in [0, 0.1) is 5.92 Å². The first-order chi connectivity index (χ1) is 11.4. The molecule has 2 aromatic rings. The van der Waals surface area contributed by atoms with Crippen LogP contribution < -0.4 is 0 Å². The van der Waals surface area contributed by atoms with E-state index in [0.717, 1.165) is 18.4 Å². The van der Waals surface area contributed by atoms with Gasteiger partial charge >= 0.3 is 0 Å². The van der Waals surface area contributed by atoms with E-state index in [1.165, 1.54) is 6.07 Å². The highest BCUT2D eigenvalue weighted by molar-refractivity contribution is 7.89. The minimum atomic E-state index is -3.74. The molecule has 1 saturated carbocycles. The van der Waals surface area contributed by atoms with E-state index in [-0.39, 0.29) is 21.0 Å². The monoisotopic (exact) mass is 383 g/mol. The zero-order chi connectivity index (χ0) is 17.3. The lowest BCUT2D eigenvalue weighted by atomic mass is 10.2. The van der Waals surface area contributed by atoms with Crippen molar-refractivity contribution in [2.24, 2.45) is 5.92 Å². The summed E-state index contributed by atoms with van der Waals surface area (Å²) in [6, 6.07) is 14.2. The van der Waals surface area contributed by atoms with Crippen molar-refractivity contribution in [3.05, 3.63) is 64.1 Å². The number of halogens is 2. The highest BCUT2D eigenvalue weighted by Gasteiger charge is 2.39. The highest BCUT2D eigenvalue weighted by Crippen LogP contribution is 2.39. The third-order valence-electron chi connectivity index (χ3n) is 4.44. The standard InChI is InChI=1S/C18H19Cl2NO2S/c1-13(15-10-11-15)21(12-14-6-3-2-4-7-14)24(22,23)17-9-5-8-16(19)18(17)20/h2-9,13,15H,10-12H2,1H3/t13-/m1/s1. The van der Waals surface area contributed by atoms with Crippen LogP contribution in [0.25, 0.3) is 0 Å². The van der Waals surface area contributed by atoms with Gasteiger partial charge in [0.2, 0.25) is 10.0 Å². The highest BCUT2D eigenvalue weighted by atomic mass is 35.5. The summed E-state index contributed by atoms with van der Waals surface area (Å²) in [5.41, 5.74) is 0.951. The van der Waals surface area contributed by atoms with Crippen LogP contribution >= 0.6 is 23.2 Å². The van der Waals surface area contributed by atoms with Crippen molar-refractivity contribution in [3.63, 3.8) is 0 Å². The predicted molar refractivity (Wildman–Crippen MR) is 97.8 cm³/mol. The lowest BCUT2D eigenvalue weighted by molar-refractivity contribution is 0.303. The molecule has 1 fully saturated rings. The van der Waals surface area contributed by atoms with Crippen LogP contribution in [-0.4, -0.2) is 18.8 Å². The summed E-state index contributed by atoms with van der Waals surface area (Å²) in [5.74, 6) is 0.404. The van der Waals surface area contributed by atoms with E-state index in [1.54, 1.807) is 16.4 Å². The van der Waals surface area contributed by atoms with Crippen molar-refractivity contribution >= 4 is 33.2 Å². The first kappa shape index (κ1) is 17.7. The SMILES string of the molecule is C[C@H](C1CC1)N(Cc1ccccc1)S(=O)(=O)c1cccc(Cl)c1Cl. The molecule has 6 heteroatoms. The van der Waals surface area contributed by atoms with E-state index in [0.29, 0.717) is 12.5 Å². The molecule has 1 atom stereocenters. The molecular formula is C18H19Cl2NO2S. The van der Waals surface area contributed by atoms with Crippen molar-refractivity contribution in [3.8, 4) is 0 Å². The van der Waals surface area contributed by atoms with E-state index in [1.807, 2.05) is 37.3 Å². The van der Waals surface area contributed by atoms with Gasteiger partial charge in [0.05, 0.1) is 10.0 Å². The first-order valence-corrected chi connectivity index (χ1v) is 10.1. The first-order valence-electron chi connectivity index (χ1n) is 7.91. The number of nitrogens with zero attached hydrogens (tertiary/aromatic N) is 1. The van der Waals surface area contributed by atoms with E-state index in [4.69, 9.17) is 23.2 Å². The molecule has 0 unspecified atom stereocenters. The fraction of sp³-hybridized carbons (Fsp3) is 0.333. The Morgan fingerprint density at radius 3 is 2.38 bits per heavy atom. The Balaban J connectivity index is 2.01. The van der Waals surface area contributed by atoms with E-state index in [9.17, 15) is 8.42 Å². The second-order valence-corrected chi connectivity index (χ2v) is 8.81. The summed E-state index contributed by atoms with van der Waals surface area (Å²) < 4.78 is 28.1. The third-order valence-corrected chi connectivity index (χ3v) is 7.35. The van der Waals surface area contributed by atoms with Crippen LogP contribution in [0.4, 0.5) is 0 Å². The molecule has 3 nitrogen and oxygen atoms in total. The topological polar surface area (TPSA) is 37.4 Å². The molecule has 0 saturated heterocycles. The van der Waals surface area contributed by atoms with Crippen molar-refractivity contribution in [1.29, 1.82) is 0 Å². The van der Waals surface area contributed by atoms with Crippen molar-refractivity contribution < 1.29 is 8.42 Å². The Bertz CT molecular complexity index is 820. The summed E-state index contributed by atoms with van der Waals surface area (Å²) >= 11 is 12.2. The second kappa shape index (κ2) is 7.04. The zero-order valence-corrected chi connectivity index (χ0v) is 15.7. The largest absolute Gasteiger partial charge is 0.245 e. The van der Waals surface area contributed by atoms with Gasteiger partial charge in [-0.3, -0.25) is 0 Å². The second-order valence-electron chi connectivity index (χ2n) is 6.17. The smallest absolute Gasteiger partial charge is 0.207 e. The average Bonchev–Trinajstić information content (AvgIpc) is 3.40. The minimum Gasteiger partial charge on any atom is -0.207 e. The average molecular weight is 384 g/mol. The Labute approximate surface area is 153 Å². The van der Waals surface area contributed by atoms with Gasteiger partial charge in [0, 0.05) is 12.6 Å². The zero-order valence-electron chi connectivity index (χ0n) is 13.3. The Hall–Kier alpha value is -1.07. The molecule has 0 aliphatic heterocycles. The number of hydrogen-bond acceptors (Lipinski definition) is 2. The van der Waals surface area contributed by atoms with E-state index < -0.39 is 10.0 Å². The fourth-order valence-electron chi connectivity index (χ4n) is 2.83. The molecule has 0 radical (unpaired) electrons. The fourth-order valence-corrected chi connectivity index (χ4v) is 5.25. The number of benzene rings is 2. The summed E-state index contributed by atoms with van der Waals surface area (Å²) in [4.78, 5) is 0.0695. The maximum absolute atomic E-state index is 13.3. The van der Waals surface area contributed by atoms with E-state index in [2.05, 4.69) is 0 Å². The van der Waals surface area contributed by atoms with Crippen LogP contribution in [0.1, 0.15) is 25.3 Å². The van der Waals surface area contributed by atoms with Gasteiger partial charge in [0.25, 0.3) is 0 Å². The quantitative estimate of drug-likeness (QED) is 0.704. The lowest BCUT2D eigenvalue weighted by Gasteiger charge is -2.29. The van der Waals surface area contributed by atoms with Crippen LogP contribution in [0.15, 0.2) is 53.4 Å². The molecule has 3 rings (SSSR count). The molecule has 1 aliphatic carbocycles.